The van der Waals surface area contributed by atoms with Gasteiger partial charge >= 0.3 is 6.18 Å². The summed E-state index contributed by atoms with van der Waals surface area (Å²) in [6.45, 7) is 0.401. The third kappa shape index (κ3) is 3.65. The molecule has 0 unspecified atom stereocenters. The van der Waals surface area contributed by atoms with Gasteiger partial charge in [-0.3, -0.25) is 9.78 Å². The Morgan fingerprint density at radius 1 is 1.25 bits per heavy atom. The Kier molecular flexibility index (Phi) is 4.39. The van der Waals surface area contributed by atoms with Crippen molar-refractivity contribution in [2.75, 3.05) is 6.79 Å². The lowest BCUT2D eigenvalue weighted by Gasteiger charge is -2.18. The molecule has 8 heteroatoms. The molecule has 126 valence electrons. The number of hydrogen-bond acceptors (Lipinski definition) is 4. The number of hydrogen-bond donors (Lipinski definition) is 1. The van der Waals surface area contributed by atoms with Crippen molar-refractivity contribution in [1.29, 1.82) is 0 Å². The number of carbonyl (C=O) groups excluding carboxylic acids is 1. The fourth-order valence-electron chi connectivity index (χ4n) is 2.26. The fraction of sp³-hybridized carbons (Fsp3) is 0.250. The highest BCUT2D eigenvalue weighted by Gasteiger charge is 2.30. The molecular formula is C16H13F3N2O3. The van der Waals surface area contributed by atoms with E-state index in [4.69, 9.17) is 9.47 Å². The zero-order valence-corrected chi connectivity index (χ0v) is 12.4. The molecule has 0 saturated heterocycles. The Morgan fingerprint density at radius 3 is 2.88 bits per heavy atom. The van der Waals surface area contributed by atoms with E-state index in [2.05, 4.69) is 10.3 Å². The number of fused-ring (bicyclic) bond motifs is 1. The van der Waals surface area contributed by atoms with Crippen LogP contribution in [-0.2, 0) is 24.1 Å². The van der Waals surface area contributed by atoms with Gasteiger partial charge in [-0.05, 0) is 30.3 Å². The number of ether oxygens (including phenoxy) is 2. The molecule has 2 heterocycles. The first-order valence-corrected chi connectivity index (χ1v) is 7.07. The lowest BCUT2D eigenvalue weighted by Crippen LogP contribution is -2.24. The molecule has 0 bridgehead atoms. The molecular weight excluding hydrogens is 325 g/mol. The van der Waals surface area contributed by atoms with Crippen LogP contribution in [0.1, 0.15) is 27.2 Å². The first-order chi connectivity index (χ1) is 11.4. The summed E-state index contributed by atoms with van der Waals surface area (Å²) in [6.07, 6.45) is -3.38. The molecule has 0 atom stereocenters. The van der Waals surface area contributed by atoms with Crippen LogP contribution in [0.2, 0.25) is 0 Å². The van der Waals surface area contributed by atoms with E-state index in [0.29, 0.717) is 17.9 Å². The van der Waals surface area contributed by atoms with Crippen LogP contribution in [0.5, 0.6) is 5.75 Å². The van der Waals surface area contributed by atoms with E-state index in [1.165, 1.54) is 0 Å². The lowest BCUT2D eigenvalue weighted by atomic mass is 10.1. The SMILES string of the molecule is O=C(NCc1cc(C(F)(F)F)ccn1)c1ccc2c(c1)COCO2. The standard InChI is InChI=1S/C16H13F3N2O3/c17-16(18,19)12-3-4-20-13(6-12)7-21-15(22)10-1-2-14-11(5-10)8-23-9-24-14/h1-6H,7-9H2,(H,21,22). The largest absolute Gasteiger partial charge is 0.467 e. The summed E-state index contributed by atoms with van der Waals surface area (Å²) < 4.78 is 48.4. The van der Waals surface area contributed by atoms with Crippen LogP contribution < -0.4 is 10.1 Å². The number of rotatable bonds is 3. The molecule has 0 saturated carbocycles. The van der Waals surface area contributed by atoms with E-state index in [-0.39, 0.29) is 19.0 Å². The highest BCUT2D eigenvalue weighted by atomic mass is 19.4. The Morgan fingerprint density at radius 2 is 2.08 bits per heavy atom. The third-order valence-electron chi connectivity index (χ3n) is 3.45. The average molecular weight is 338 g/mol. The Bertz CT molecular complexity index is 762. The maximum absolute atomic E-state index is 12.7. The summed E-state index contributed by atoms with van der Waals surface area (Å²) in [6, 6.07) is 6.67. The molecule has 24 heavy (non-hydrogen) atoms. The molecule has 2 aromatic rings. The molecule has 0 aliphatic carbocycles. The first kappa shape index (κ1) is 16.3. The summed E-state index contributed by atoms with van der Waals surface area (Å²) in [4.78, 5) is 16.0. The summed E-state index contributed by atoms with van der Waals surface area (Å²) in [5.41, 5.74) is 0.438. The summed E-state index contributed by atoms with van der Waals surface area (Å²) in [5, 5.41) is 2.55. The number of nitrogens with zero attached hydrogens (tertiary/aromatic N) is 1. The van der Waals surface area contributed by atoms with Crippen molar-refractivity contribution < 1.29 is 27.4 Å². The molecule has 1 aromatic carbocycles. The molecule has 3 rings (SSSR count). The van der Waals surface area contributed by atoms with Crippen molar-refractivity contribution in [3.05, 3.63) is 58.9 Å². The van der Waals surface area contributed by atoms with Gasteiger partial charge < -0.3 is 14.8 Å². The number of benzene rings is 1. The smallest absolute Gasteiger partial charge is 0.416 e. The minimum Gasteiger partial charge on any atom is -0.467 e. The van der Waals surface area contributed by atoms with Gasteiger partial charge in [0, 0.05) is 17.3 Å². The minimum absolute atomic E-state index is 0.104. The number of halogens is 3. The van der Waals surface area contributed by atoms with Gasteiger partial charge in [0.1, 0.15) is 5.75 Å². The maximum atomic E-state index is 12.7. The number of nitrogens with one attached hydrogen (secondary N) is 1. The number of carbonyl (C=O) groups is 1. The monoisotopic (exact) mass is 338 g/mol. The zero-order valence-electron chi connectivity index (χ0n) is 12.4. The number of aromatic nitrogens is 1. The van der Waals surface area contributed by atoms with E-state index in [9.17, 15) is 18.0 Å². The second-order valence-corrected chi connectivity index (χ2v) is 5.15. The molecule has 1 amide bonds. The van der Waals surface area contributed by atoms with Crippen LogP contribution in [0, 0.1) is 0 Å². The normalized spacial score (nSPS) is 13.8. The van der Waals surface area contributed by atoms with Gasteiger partial charge in [-0.2, -0.15) is 13.2 Å². The maximum Gasteiger partial charge on any atom is 0.416 e. The van der Waals surface area contributed by atoms with Gasteiger partial charge in [-0.15, -0.1) is 0 Å². The fourth-order valence-corrected chi connectivity index (χ4v) is 2.26. The van der Waals surface area contributed by atoms with E-state index < -0.39 is 17.6 Å². The number of alkyl halides is 3. The summed E-state index contributed by atoms with van der Waals surface area (Å²) in [7, 11) is 0. The molecule has 1 N–H and O–H groups in total. The predicted molar refractivity (Wildman–Crippen MR) is 77.1 cm³/mol. The quantitative estimate of drug-likeness (QED) is 0.935. The van der Waals surface area contributed by atoms with Crippen LogP contribution in [0.3, 0.4) is 0 Å². The van der Waals surface area contributed by atoms with Crippen molar-refractivity contribution in [1.82, 2.24) is 10.3 Å². The number of amides is 1. The first-order valence-electron chi connectivity index (χ1n) is 7.07. The Labute approximate surface area is 135 Å². The summed E-state index contributed by atoms with van der Waals surface area (Å²) >= 11 is 0. The molecule has 1 aliphatic heterocycles. The minimum atomic E-state index is -4.44. The second kappa shape index (κ2) is 6.48. The molecule has 0 spiro atoms. The van der Waals surface area contributed by atoms with Crippen LogP contribution in [-0.4, -0.2) is 17.7 Å². The van der Waals surface area contributed by atoms with Crippen molar-refractivity contribution in [2.45, 2.75) is 19.3 Å². The molecule has 1 aromatic heterocycles. The zero-order chi connectivity index (χ0) is 17.2. The topological polar surface area (TPSA) is 60.5 Å². The van der Waals surface area contributed by atoms with E-state index in [0.717, 1.165) is 23.9 Å². The molecule has 1 aliphatic rings. The molecule has 0 radical (unpaired) electrons. The third-order valence-corrected chi connectivity index (χ3v) is 3.45. The van der Waals surface area contributed by atoms with Gasteiger partial charge in [-0.25, -0.2) is 0 Å². The summed E-state index contributed by atoms with van der Waals surface area (Å²) in [5.74, 6) is 0.236. The number of pyridine rings is 1. The predicted octanol–water partition coefficient (Wildman–Crippen LogP) is 2.90. The highest BCUT2D eigenvalue weighted by molar-refractivity contribution is 5.94. The lowest BCUT2D eigenvalue weighted by molar-refractivity contribution is -0.137. The Hall–Kier alpha value is -2.61. The van der Waals surface area contributed by atoms with Crippen LogP contribution in [0.25, 0.3) is 0 Å². The highest BCUT2D eigenvalue weighted by Crippen LogP contribution is 2.29. The van der Waals surface area contributed by atoms with Gasteiger partial charge in [0.05, 0.1) is 24.4 Å². The second-order valence-electron chi connectivity index (χ2n) is 5.15. The van der Waals surface area contributed by atoms with Gasteiger partial charge in [0.15, 0.2) is 6.79 Å². The average Bonchev–Trinajstić information content (AvgIpc) is 2.59. The van der Waals surface area contributed by atoms with Crippen LogP contribution in [0.4, 0.5) is 13.2 Å². The van der Waals surface area contributed by atoms with Gasteiger partial charge in [0.2, 0.25) is 0 Å². The van der Waals surface area contributed by atoms with Crippen molar-refractivity contribution in [3.63, 3.8) is 0 Å². The van der Waals surface area contributed by atoms with E-state index in [1.807, 2.05) is 0 Å². The van der Waals surface area contributed by atoms with Gasteiger partial charge in [-0.1, -0.05) is 0 Å². The van der Waals surface area contributed by atoms with E-state index >= 15 is 0 Å². The Balaban J connectivity index is 1.68. The van der Waals surface area contributed by atoms with Crippen LogP contribution >= 0.6 is 0 Å². The van der Waals surface area contributed by atoms with E-state index in [1.54, 1.807) is 18.2 Å². The molecule has 5 nitrogen and oxygen atoms in total. The van der Waals surface area contributed by atoms with Crippen molar-refractivity contribution >= 4 is 5.91 Å². The van der Waals surface area contributed by atoms with Crippen molar-refractivity contribution in [3.8, 4) is 5.75 Å². The van der Waals surface area contributed by atoms with Gasteiger partial charge in [0.25, 0.3) is 5.91 Å². The van der Waals surface area contributed by atoms with Crippen LogP contribution in [0.15, 0.2) is 36.5 Å². The molecule has 0 fully saturated rings. The van der Waals surface area contributed by atoms with Crippen molar-refractivity contribution in [2.24, 2.45) is 0 Å².